The van der Waals surface area contributed by atoms with E-state index in [2.05, 4.69) is 37.3 Å². The van der Waals surface area contributed by atoms with Crippen LogP contribution in [0.15, 0.2) is 36.0 Å². The molecule has 0 amide bonds. The van der Waals surface area contributed by atoms with Gasteiger partial charge in [-0.3, -0.25) is 0 Å². The van der Waals surface area contributed by atoms with E-state index in [1.54, 1.807) is 6.08 Å². The molecule has 2 nitrogen and oxygen atoms in total. The second kappa shape index (κ2) is 8.73. The highest BCUT2D eigenvalue weighted by molar-refractivity contribution is 5.82. The van der Waals surface area contributed by atoms with E-state index in [1.807, 2.05) is 13.8 Å². The molecular formula is C16H26O2. The van der Waals surface area contributed by atoms with Crippen molar-refractivity contribution in [3.05, 3.63) is 36.0 Å². The first-order valence-electron chi connectivity index (χ1n) is 6.45. The van der Waals surface area contributed by atoms with Crippen molar-refractivity contribution in [2.75, 3.05) is 7.11 Å². The second-order valence-corrected chi connectivity index (χ2v) is 5.17. The minimum absolute atomic E-state index is 0.272. The SMILES string of the molecule is C=C(C)/C=C/[C@@H](CC/C(C)=C/C(=O)OC)C(C)C. The fourth-order valence-electron chi connectivity index (χ4n) is 1.67. The molecule has 0 aromatic heterocycles. The molecule has 0 saturated heterocycles. The third-order valence-corrected chi connectivity index (χ3v) is 2.92. The van der Waals surface area contributed by atoms with Crippen LogP contribution in [0.25, 0.3) is 0 Å². The average molecular weight is 250 g/mol. The van der Waals surface area contributed by atoms with Crippen LogP contribution in [0.5, 0.6) is 0 Å². The van der Waals surface area contributed by atoms with Crippen molar-refractivity contribution >= 4 is 5.97 Å². The monoisotopic (exact) mass is 250 g/mol. The Morgan fingerprint density at radius 2 is 1.94 bits per heavy atom. The van der Waals surface area contributed by atoms with E-state index >= 15 is 0 Å². The Morgan fingerprint density at radius 3 is 2.39 bits per heavy atom. The summed E-state index contributed by atoms with van der Waals surface area (Å²) in [5.74, 6) is 0.834. The lowest BCUT2D eigenvalue weighted by atomic mass is 9.89. The van der Waals surface area contributed by atoms with Crippen molar-refractivity contribution in [1.29, 1.82) is 0 Å². The Balaban J connectivity index is 4.40. The van der Waals surface area contributed by atoms with Crippen LogP contribution in [0.2, 0.25) is 0 Å². The average Bonchev–Trinajstić information content (AvgIpc) is 2.27. The Bertz CT molecular complexity index is 335. The van der Waals surface area contributed by atoms with Crippen LogP contribution in [-0.4, -0.2) is 13.1 Å². The van der Waals surface area contributed by atoms with Crippen molar-refractivity contribution in [1.82, 2.24) is 0 Å². The van der Waals surface area contributed by atoms with Crippen LogP contribution < -0.4 is 0 Å². The fraction of sp³-hybridized carbons (Fsp3) is 0.562. The van der Waals surface area contributed by atoms with Crippen LogP contribution in [-0.2, 0) is 9.53 Å². The molecule has 0 fully saturated rings. The molecule has 0 aromatic rings. The maximum absolute atomic E-state index is 11.1. The molecule has 18 heavy (non-hydrogen) atoms. The Hall–Kier alpha value is -1.31. The quantitative estimate of drug-likeness (QED) is 0.383. The first-order valence-corrected chi connectivity index (χ1v) is 6.45. The van der Waals surface area contributed by atoms with Gasteiger partial charge in [0.05, 0.1) is 7.11 Å². The predicted octanol–water partition coefficient (Wildman–Crippen LogP) is 4.29. The summed E-state index contributed by atoms with van der Waals surface area (Å²) < 4.78 is 4.61. The maximum Gasteiger partial charge on any atom is 0.330 e. The van der Waals surface area contributed by atoms with Crippen LogP contribution in [0.1, 0.15) is 40.5 Å². The van der Waals surface area contributed by atoms with Gasteiger partial charge in [0.15, 0.2) is 0 Å². The predicted molar refractivity (Wildman–Crippen MR) is 77.3 cm³/mol. The van der Waals surface area contributed by atoms with Gasteiger partial charge >= 0.3 is 5.97 Å². The molecule has 0 rings (SSSR count). The number of rotatable bonds is 7. The van der Waals surface area contributed by atoms with E-state index in [0.717, 1.165) is 24.0 Å². The van der Waals surface area contributed by atoms with Gasteiger partial charge < -0.3 is 4.74 Å². The zero-order valence-corrected chi connectivity index (χ0v) is 12.3. The van der Waals surface area contributed by atoms with E-state index in [1.165, 1.54) is 7.11 Å². The highest BCUT2D eigenvalue weighted by Crippen LogP contribution is 2.21. The Morgan fingerprint density at radius 1 is 1.33 bits per heavy atom. The number of allylic oxidation sites excluding steroid dienone is 4. The zero-order chi connectivity index (χ0) is 14.1. The van der Waals surface area contributed by atoms with Gasteiger partial charge in [-0.1, -0.05) is 43.7 Å². The molecule has 0 N–H and O–H groups in total. The minimum atomic E-state index is -0.272. The molecular weight excluding hydrogens is 224 g/mol. The number of esters is 1. The molecule has 0 heterocycles. The molecule has 102 valence electrons. The lowest BCUT2D eigenvalue weighted by Gasteiger charge is -2.17. The first kappa shape index (κ1) is 16.7. The number of methoxy groups -OCH3 is 1. The molecule has 0 radical (unpaired) electrons. The molecule has 2 heteroatoms. The van der Waals surface area contributed by atoms with Crippen molar-refractivity contribution < 1.29 is 9.53 Å². The summed E-state index contributed by atoms with van der Waals surface area (Å²) in [5, 5.41) is 0. The molecule has 0 aliphatic rings. The van der Waals surface area contributed by atoms with E-state index in [4.69, 9.17) is 0 Å². The maximum atomic E-state index is 11.1. The molecule has 0 saturated carbocycles. The van der Waals surface area contributed by atoms with Crippen LogP contribution in [0.3, 0.4) is 0 Å². The summed E-state index contributed by atoms with van der Waals surface area (Å²) in [4.78, 5) is 11.1. The molecule has 0 bridgehead atoms. The normalized spacial score (nSPS) is 14.0. The molecule has 0 aromatic carbocycles. The summed E-state index contributed by atoms with van der Waals surface area (Å²) in [6.45, 7) is 12.3. The summed E-state index contributed by atoms with van der Waals surface area (Å²) in [6.07, 6.45) is 7.82. The molecule has 0 aliphatic carbocycles. The van der Waals surface area contributed by atoms with Gasteiger partial charge in [-0.2, -0.15) is 0 Å². The minimum Gasteiger partial charge on any atom is -0.466 e. The van der Waals surface area contributed by atoms with Crippen LogP contribution in [0, 0.1) is 11.8 Å². The lowest BCUT2D eigenvalue weighted by Crippen LogP contribution is -2.06. The van der Waals surface area contributed by atoms with E-state index in [9.17, 15) is 4.79 Å². The highest BCUT2D eigenvalue weighted by Gasteiger charge is 2.10. The van der Waals surface area contributed by atoms with Gasteiger partial charge in [-0.15, -0.1) is 0 Å². The number of carbonyl (C=O) groups is 1. The topological polar surface area (TPSA) is 26.3 Å². The second-order valence-electron chi connectivity index (χ2n) is 5.17. The van der Waals surface area contributed by atoms with Crippen LogP contribution in [0.4, 0.5) is 0 Å². The smallest absolute Gasteiger partial charge is 0.330 e. The highest BCUT2D eigenvalue weighted by atomic mass is 16.5. The van der Waals surface area contributed by atoms with Gasteiger partial charge in [0, 0.05) is 6.08 Å². The van der Waals surface area contributed by atoms with Gasteiger partial charge in [0.1, 0.15) is 0 Å². The fourth-order valence-corrected chi connectivity index (χ4v) is 1.67. The van der Waals surface area contributed by atoms with Crippen molar-refractivity contribution in [2.45, 2.75) is 40.5 Å². The third kappa shape index (κ3) is 7.88. The van der Waals surface area contributed by atoms with Gasteiger partial charge in [0.2, 0.25) is 0 Å². The van der Waals surface area contributed by atoms with Crippen molar-refractivity contribution in [2.24, 2.45) is 11.8 Å². The van der Waals surface area contributed by atoms with Gasteiger partial charge in [0.25, 0.3) is 0 Å². The molecule has 0 aliphatic heterocycles. The van der Waals surface area contributed by atoms with Crippen LogP contribution >= 0.6 is 0 Å². The summed E-state index contributed by atoms with van der Waals surface area (Å²) in [5.41, 5.74) is 2.14. The largest absolute Gasteiger partial charge is 0.466 e. The Kier molecular flexibility index (Phi) is 8.10. The Labute approximate surface area is 111 Å². The molecule has 0 unspecified atom stereocenters. The van der Waals surface area contributed by atoms with Crippen molar-refractivity contribution in [3.8, 4) is 0 Å². The number of carbonyl (C=O) groups excluding carboxylic acids is 1. The van der Waals surface area contributed by atoms with Crippen molar-refractivity contribution in [3.63, 3.8) is 0 Å². The summed E-state index contributed by atoms with van der Waals surface area (Å²) in [7, 11) is 1.40. The summed E-state index contributed by atoms with van der Waals surface area (Å²) in [6, 6.07) is 0. The standard InChI is InChI=1S/C16H26O2/c1-12(2)7-9-15(13(3)4)10-8-14(5)11-16(17)18-6/h7,9,11,13,15H,1,8,10H2,2-6H3/b9-7+,14-11+/t15-/m0/s1. The number of hydrogen-bond acceptors (Lipinski definition) is 2. The summed E-state index contributed by atoms with van der Waals surface area (Å²) >= 11 is 0. The van der Waals surface area contributed by atoms with Gasteiger partial charge in [-0.05, 0) is 38.5 Å². The number of hydrogen-bond donors (Lipinski definition) is 0. The molecule has 0 spiro atoms. The molecule has 1 atom stereocenters. The number of ether oxygens (including phenoxy) is 1. The van der Waals surface area contributed by atoms with E-state index in [-0.39, 0.29) is 5.97 Å². The van der Waals surface area contributed by atoms with E-state index in [0.29, 0.717) is 11.8 Å². The first-order chi connectivity index (χ1) is 8.36. The third-order valence-electron chi connectivity index (χ3n) is 2.92. The zero-order valence-electron chi connectivity index (χ0n) is 12.3. The lowest BCUT2D eigenvalue weighted by molar-refractivity contribution is -0.134. The van der Waals surface area contributed by atoms with E-state index < -0.39 is 0 Å². The van der Waals surface area contributed by atoms with Gasteiger partial charge in [-0.25, -0.2) is 4.79 Å².